The van der Waals surface area contributed by atoms with E-state index >= 15 is 0 Å². The largest absolute Gasteiger partial charge is 0.287 e. The van der Waals surface area contributed by atoms with Crippen molar-refractivity contribution in [3.8, 4) is 0 Å². The number of nitrogens with zero attached hydrogens (tertiary/aromatic N) is 1. The van der Waals surface area contributed by atoms with Crippen LogP contribution < -0.4 is 0 Å². The van der Waals surface area contributed by atoms with Gasteiger partial charge in [0.15, 0.2) is 15.0 Å². The van der Waals surface area contributed by atoms with E-state index in [1.807, 2.05) is 6.07 Å². The summed E-state index contributed by atoms with van der Waals surface area (Å²) in [6.07, 6.45) is -0.126. The molecule has 0 fully saturated rings. The van der Waals surface area contributed by atoms with Crippen molar-refractivity contribution < 1.29 is 18.1 Å². The zero-order valence-electron chi connectivity index (χ0n) is 11.9. The molecule has 0 N–H and O–H groups in total. The van der Waals surface area contributed by atoms with Gasteiger partial charge >= 0.3 is 0 Å². The van der Waals surface area contributed by atoms with Crippen molar-refractivity contribution in [2.24, 2.45) is 0 Å². The van der Waals surface area contributed by atoms with E-state index in [1.54, 1.807) is 24.3 Å². The first-order valence-electron chi connectivity index (χ1n) is 6.61. The number of benzene rings is 2. The Morgan fingerprint density at radius 3 is 2.22 bits per heavy atom. The molecule has 23 heavy (non-hydrogen) atoms. The Balaban J connectivity index is 1.98. The van der Waals surface area contributed by atoms with Gasteiger partial charge in [-0.15, -0.1) is 0 Å². The first-order valence-corrected chi connectivity index (χ1v) is 9.08. The van der Waals surface area contributed by atoms with Crippen LogP contribution in [0.4, 0.5) is 5.69 Å². The van der Waals surface area contributed by atoms with Crippen LogP contribution in [0.25, 0.3) is 0 Å². The van der Waals surface area contributed by atoms with E-state index in [0.717, 1.165) is 28.8 Å². The number of rotatable bonds is 6. The van der Waals surface area contributed by atoms with E-state index < -0.39 is 14.8 Å². The fraction of sp³-hybridized carbons (Fsp3) is 0.133. The highest BCUT2D eigenvalue weighted by molar-refractivity contribution is 8.13. The molecule has 0 aliphatic carbocycles. The zero-order valence-corrected chi connectivity index (χ0v) is 13.5. The van der Waals surface area contributed by atoms with Gasteiger partial charge in [0.1, 0.15) is 0 Å². The molecule has 6 nitrogen and oxygen atoms in total. The van der Waals surface area contributed by atoms with Crippen LogP contribution in [0.5, 0.6) is 0 Å². The number of hydrogen-bond acceptors (Lipinski definition) is 6. The highest BCUT2D eigenvalue weighted by Gasteiger charge is 2.18. The van der Waals surface area contributed by atoms with E-state index in [1.165, 1.54) is 12.1 Å². The molecule has 120 valence electrons. The van der Waals surface area contributed by atoms with Gasteiger partial charge in [0, 0.05) is 23.4 Å². The third-order valence-electron chi connectivity index (χ3n) is 2.96. The summed E-state index contributed by atoms with van der Waals surface area (Å²) in [7, 11) is -3.65. The third-order valence-corrected chi connectivity index (χ3v) is 5.63. The van der Waals surface area contributed by atoms with Gasteiger partial charge in [0.05, 0.1) is 15.6 Å². The monoisotopic (exact) mass is 351 g/mol. The number of nitro benzene ring substituents is 1. The standard InChI is InChI=1S/C15H13NO5S2/c17-15(22-13-4-2-1-3-5-13)10-11-23(20,21)14-8-6-12(7-9-14)16(18)19/h1-9H,10-11H2. The second-order valence-electron chi connectivity index (χ2n) is 4.61. The molecule has 0 amide bonds. The van der Waals surface area contributed by atoms with E-state index in [-0.39, 0.29) is 27.9 Å². The Bertz CT molecular complexity index is 802. The van der Waals surface area contributed by atoms with E-state index in [2.05, 4.69) is 0 Å². The van der Waals surface area contributed by atoms with E-state index in [0.29, 0.717) is 0 Å². The predicted molar refractivity (Wildman–Crippen MR) is 87.1 cm³/mol. The Hall–Kier alpha value is -2.19. The summed E-state index contributed by atoms with van der Waals surface area (Å²) in [5.41, 5.74) is -0.181. The van der Waals surface area contributed by atoms with Crippen LogP contribution in [0.15, 0.2) is 64.4 Å². The topological polar surface area (TPSA) is 94.3 Å². The van der Waals surface area contributed by atoms with Crippen LogP contribution >= 0.6 is 11.8 Å². The highest BCUT2D eigenvalue weighted by atomic mass is 32.2. The fourth-order valence-corrected chi connectivity index (χ4v) is 3.91. The minimum atomic E-state index is -3.65. The van der Waals surface area contributed by atoms with Gasteiger partial charge in [-0.2, -0.15) is 0 Å². The Morgan fingerprint density at radius 2 is 1.65 bits per heavy atom. The summed E-state index contributed by atoms with van der Waals surface area (Å²) < 4.78 is 24.3. The Morgan fingerprint density at radius 1 is 1.04 bits per heavy atom. The SMILES string of the molecule is O=C(CCS(=O)(=O)c1ccc([N+](=O)[O-])cc1)Sc1ccccc1. The summed E-state index contributed by atoms with van der Waals surface area (Å²) in [4.78, 5) is 22.5. The summed E-state index contributed by atoms with van der Waals surface area (Å²) in [5, 5.41) is 10.3. The lowest BCUT2D eigenvalue weighted by molar-refractivity contribution is -0.384. The van der Waals surface area contributed by atoms with Crippen LogP contribution in [-0.2, 0) is 14.6 Å². The highest BCUT2D eigenvalue weighted by Crippen LogP contribution is 2.22. The molecule has 0 heterocycles. The molecule has 0 radical (unpaired) electrons. The first kappa shape index (κ1) is 17.2. The zero-order chi connectivity index (χ0) is 16.9. The average molecular weight is 351 g/mol. The number of non-ortho nitro benzene ring substituents is 1. The van der Waals surface area contributed by atoms with Crippen molar-refractivity contribution in [2.45, 2.75) is 16.2 Å². The molecule has 0 bridgehead atoms. The van der Waals surface area contributed by atoms with Crippen molar-refractivity contribution in [1.82, 2.24) is 0 Å². The lowest BCUT2D eigenvalue weighted by atomic mass is 10.3. The van der Waals surface area contributed by atoms with Crippen molar-refractivity contribution in [2.75, 3.05) is 5.75 Å². The molecular formula is C15H13NO5S2. The molecular weight excluding hydrogens is 338 g/mol. The summed E-state index contributed by atoms with van der Waals surface area (Å²) >= 11 is 0.993. The molecule has 8 heteroatoms. The molecule has 0 atom stereocenters. The maximum Gasteiger partial charge on any atom is 0.269 e. The van der Waals surface area contributed by atoms with Gasteiger partial charge in [0.2, 0.25) is 0 Å². The van der Waals surface area contributed by atoms with Gasteiger partial charge in [-0.1, -0.05) is 30.0 Å². The van der Waals surface area contributed by atoms with Gasteiger partial charge in [0.25, 0.3) is 5.69 Å². The van der Waals surface area contributed by atoms with Crippen LogP contribution in [0, 0.1) is 10.1 Å². The summed E-state index contributed by atoms with van der Waals surface area (Å²) in [6, 6.07) is 13.6. The maximum absolute atomic E-state index is 12.1. The summed E-state index contributed by atoms with van der Waals surface area (Å²) in [5.74, 6) is -0.330. The second kappa shape index (κ2) is 7.38. The molecule has 0 unspecified atom stereocenters. The number of thioether (sulfide) groups is 1. The van der Waals surface area contributed by atoms with E-state index in [9.17, 15) is 23.3 Å². The number of carbonyl (C=O) groups excluding carboxylic acids is 1. The molecule has 0 aliphatic rings. The van der Waals surface area contributed by atoms with Crippen molar-refractivity contribution in [1.29, 1.82) is 0 Å². The van der Waals surface area contributed by atoms with Gasteiger partial charge in [-0.05, 0) is 24.3 Å². The molecule has 0 saturated carbocycles. The van der Waals surface area contributed by atoms with Gasteiger partial charge in [-0.3, -0.25) is 14.9 Å². The molecule has 2 rings (SSSR count). The Kier molecular flexibility index (Phi) is 5.51. The molecule has 0 aromatic heterocycles. The number of nitro groups is 1. The van der Waals surface area contributed by atoms with Crippen LogP contribution in [0.3, 0.4) is 0 Å². The minimum Gasteiger partial charge on any atom is -0.287 e. The lowest BCUT2D eigenvalue weighted by Gasteiger charge is -2.04. The quantitative estimate of drug-likeness (QED) is 0.451. The van der Waals surface area contributed by atoms with Crippen molar-refractivity contribution in [3.05, 3.63) is 64.7 Å². The smallest absolute Gasteiger partial charge is 0.269 e. The lowest BCUT2D eigenvalue weighted by Crippen LogP contribution is -2.10. The number of sulfone groups is 1. The minimum absolute atomic E-state index is 0.0272. The van der Waals surface area contributed by atoms with Crippen LogP contribution in [0.1, 0.15) is 6.42 Å². The molecule has 2 aromatic carbocycles. The van der Waals surface area contributed by atoms with Crippen molar-refractivity contribution in [3.63, 3.8) is 0 Å². The average Bonchev–Trinajstić information content (AvgIpc) is 2.54. The van der Waals surface area contributed by atoms with Gasteiger partial charge < -0.3 is 0 Å². The summed E-state index contributed by atoms with van der Waals surface area (Å²) in [6.45, 7) is 0. The number of carbonyl (C=O) groups is 1. The van der Waals surface area contributed by atoms with E-state index in [4.69, 9.17) is 0 Å². The maximum atomic E-state index is 12.1. The van der Waals surface area contributed by atoms with Crippen LogP contribution in [0.2, 0.25) is 0 Å². The fourth-order valence-electron chi connectivity index (χ4n) is 1.78. The normalized spacial score (nSPS) is 11.1. The van der Waals surface area contributed by atoms with Gasteiger partial charge in [-0.25, -0.2) is 8.42 Å². The molecule has 0 saturated heterocycles. The van der Waals surface area contributed by atoms with Crippen molar-refractivity contribution >= 4 is 32.4 Å². The molecule has 0 aliphatic heterocycles. The number of hydrogen-bond donors (Lipinski definition) is 0. The third kappa shape index (κ3) is 4.90. The van der Waals surface area contributed by atoms with Crippen LogP contribution in [-0.4, -0.2) is 24.2 Å². The predicted octanol–water partition coefficient (Wildman–Crippen LogP) is 3.08. The molecule has 2 aromatic rings. The Labute approximate surface area is 137 Å². The second-order valence-corrected chi connectivity index (χ2v) is 7.85. The first-order chi connectivity index (χ1) is 10.9. The molecule has 0 spiro atoms.